The third kappa shape index (κ3) is 5.45. The molecule has 0 saturated carbocycles. The van der Waals surface area contributed by atoms with Crippen LogP contribution in [0.4, 0.5) is 11.4 Å². The van der Waals surface area contributed by atoms with Gasteiger partial charge in [0.15, 0.2) is 5.78 Å². The lowest BCUT2D eigenvalue weighted by atomic mass is 9.68. The minimum atomic E-state index is -0.703. The van der Waals surface area contributed by atoms with Crippen molar-refractivity contribution in [2.45, 2.75) is 43.4 Å². The van der Waals surface area contributed by atoms with E-state index in [0.29, 0.717) is 41.3 Å². The number of carbonyl (C=O) groups excluding carboxylic acids is 1. The van der Waals surface area contributed by atoms with Crippen LogP contribution in [-0.2, 0) is 10.5 Å². The number of methoxy groups -OCH3 is 1. The number of pyridine rings is 1. The molecular weight excluding hydrogens is 574 g/mol. The van der Waals surface area contributed by atoms with Gasteiger partial charge in [0.05, 0.1) is 45.3 Å². The van der Waals surface area contributed by atoms with E-state index in [1.807, 2.05) is 50.2 Å². The third-order valence-electron chi connectivity index (χ3n) is 7.42. The van der Waals surface area contributed by atoms with Gasteiger partial charge in [0.25, 0.3) is 5.69 Å². The number of hydrogen-bond donors (Lipinski definition) is 1. The average molecular weight is 602 g/mol. The summed E-state index contributed by atoms with van der Waals surface area (Å²) in [4.78, 5) is 30.7. The Bertz CT molecular complexity index is 1700. The van der Waals surface area contributed by atoms with Crippen LogP contribution >= 0.6 is 23.4 Å². The van der Waals surface area contributed by atoms with Crippen molar-refractivity contribution >= 4 is 40.5 Å². The number of halogens is 1. The molecule has 1 aliphatic carbocycles. The summed E-state index contributed by atoms with van der Waals surface area (Å²) >= 11 is 8.11. The van der Waals surface area contributed by atoms with E-state index >= 15 is 0 Å². The van der Waals surface area contributed by atoms with Gasteiger partial charge in [0.2, 0.25) is 0 Å². The lowest BCUT2D eigenvalue weighted by molar-refractivity contribution is -0.384. The second-order valence-electron chi connectivity index (χ2n) is 10.9. The van der Waals surface area contributed by atoms with Crippen molar-refractivity contribution in [1.29, 1.82) is 5.26 Å². The van der Waals surface area contributed by atoms with E-state index < -0.39 is 10.8 Å². The normalized spacial score (nSPS) is 18.0. The van der Waals surface area contributed by atoms with Gasteiger partial charge >= 0.3 is 0 Å². The molecule has 2 aliphatic rings. The standard InChI is InChI=1S/C31H28ClN5O4S/c1-31(2)14-24-29(25(38)15-31)28(18-7-10-26(41-3)19(12-18)17-42-27-6-4-5-11-35-27)21(16-33)30(34)36(24)23-9-8-20(37(39)40)13-22(23)32/h4-13,28H,14-15,17,34H2,1-3H3. The number of rotatable bonds is 7. The van der Waals surface area contributed by atoms with E-state index in [1.54, 1.807) is 30.0 Å². The van der Waals surface area contributed by atoms with Gasteiger partial charge in [-0.05, 0) is 41.7 Å². The third-order valence-corrected chi connectivity index (χ3v) is 8.71. The van der Waals surface area contributed by atoms with Crippen LogP contribution in [0.1, 0.15) is 43.7 Å². The number of aromatic nitrogens is 1. The zero-order valence-electron chi connectivity index (χ0n) is 23.3. The monoisotopic (exact) mass is 601 g/mol. The molecule has 0 bridgehead atoms. The van der Waals surface area contributed by atoms with Crippen LogP contribution in [0.15, 0.2) is 88.5 Å². The molecule has 11 heteroatoms. The minimum absolute atomic E-state index is 0.0869. The first-order valence-electron chi connectivity index (χ1n) is 13.2. The van der Waals surface area contributed by atoms with Crippen molar-refractivity contribution in [3.63, 3.8) is 0 Å². The number of hydrogen-bond acceptors (Lipinski definition) is 9. The van der Waals surface area contributed by atoms with E-state index in [0.717, 1.165) is 16.2 Å². The van der Waals surface area contributed by atoms with E-state index in [1.165, 1.54) is 18.2 Å². The maximum atomic E-state index is 13.9. The van der Waals surface area contributed by atoms with E-state index in [2.05, 4.69) is 11.1 Å². The van der Waals surface area contributed by atoms with Crippen molar-refractivity contribution in [2.75, 3.05) is 12.0 Å². The summed E-state index contributed by atoms with van der Waals surface area (Å²) in [6.07, 6.45) is 2.51. The molecule has 0 fully saturated rings. The molecule has 0 spiro atoms. The Morgan fingerprint density at radius 1 is 1.24 bits per heavy atom. The molecule has 0 radical (unpaired) electrons. The highest BCUT2D eigenvalue weighted by Gasteiger charge is 2.45. The number of allylic oxidation sites excluding steroid dienone is 3. The number of Topliss-reactive ketones (excluding diaryl/α,β-unsaturated/α-hetero) is 1. The lowest BCUT2D eigenvalue weighted by Gasteiger charge is -2.44. The summed E-state index contributed by atoms with van der Waals surface area (Å²) in [5.74, 6) is 0.570. The first-order valence-corrected chi connectivity index (χ1v) is 14.5. The molecule has 42 heavy (non-hydrogen) atoms. The second-order valence-corrected chi connectivity index (χ2v) is 12.3. The lowest BCUT2D eigenvalue weighted by Crippen LogP contribution is -2.42. The summed E-state index contributed by atoms with van der Waals surface area (Å²) in [6, 6.07) is 17.7. The van der Waals surface area contributed by atoms with Crippen molar-refractivity contribution < 1.29 is 14.5 Å². The molecule has 2 heterocycles. The number of nitrogens with zero attached hydrogens (tertiary/aromatic N) is 4. The quantitative estimate of drug-likeness (QED) is 0.174. The molecule has 0 saturated heterocycles. The van der Waals surface area contributed by atoms with E-state index in [-0.39, 0.29) is 33.3 Å². The van der Waals surface area contributed by atoms with Crippen LogP contribution in [0, 0.1) is 26.9 Å². The number of nitro benzene ring substituents is 1. The Kier molecular flexibility index (Phi) is 7.99. The van der Waals surface area contributed by atoms with Gasteiger partial charge in [-0.2, -0.15) is 5.26 Å². The van der Waals surface area contributed by atoms with Gasteiger partial charge < -0.3 is 10.5 Å². The van der Waals surface area contributed by atoms with Crippen molar-refractivity contribution in [3.05, 3.63) is 110 Å². The first kappa shape index (κ1) is 29.2. The van der Waals surface area contributed by atoms with Gasteiger partial charge in [-0.3, -0.25) is 19.8 Å². The fourth-order valence-electron chi connectivity index (χ4n) is 5.58. The first-order chi connectivity index (χ1) is 20.0. The van der Waals surface area contributed by atoms with Gasteiger partial charge in [-0.15, -0.1) is 11.8 Å². The van der Waals surface area contributed by atoms with Crippen LogP contribution < -0.4 is 15.4 Å². The molecule has 2 aromatic carbocycles. The summed E-state index contributed by atoms with van der Waals surface area (Å²) in [7, 11) is 1.60. The zero-order chi connectivity index (χ0) is 30.2. The highest BCUT2D eigenvalue weighted by Crippen LogP contribution is 2.51. The molecule has 1 aromatic heterocycles. The van der Waals surface area contributed by atoms with Crippen LogP contribution in [0.2, 0.25) is 5.02 Å². The number of nitro groups is 1. The van der Waals surface area contributed by atoms with E-state index in [9.17, 15) is 20.2 Å². The smallest absolute Gasteiger partial charge is 0.271 e. The predicted octanol–water partition coefficient (Wildman–Crippen LogP) is 6.88. The second kappa shape index (κ2) is 11.5. The topological polar surface area (TPSA) is 135 Å². The van der Waals surface area contributed by atoms with Gasteiger partial charge in [-0.25, -0.2) is 4.98 Å². The number of nitriles is 1. The van der Waals surface area contributed by atoms with Crippen molar-refractivity contribution in [2.24, 2.45) is 11.1 Å². The number of ketones is 1. The number of carbonyl (C=O) groups is 1. The zero-order valence-corrected chi connectivity index (χ0v) is 24.8. The molecular formula is C31H28ClN5O4S. The molecule has 3 aromatic rings. The minimum Gasteiger partial charge on any atom is -0.496 e. The van der Waals surface area contributed by atoms with Gasteiger partial charge in [-0.1, -0.05) is 43.6 Å². The maximum Gasteiger partial charge on any atom is 0.271 e. The fourth-order valence-corrected chi connectivity index (χ4v) is 6.68. The van der Waals surface area contributed by atoms with Crippen LogP contribution in [0.5, 0.6) is 5.75 Å². The van der Waals surface area contributed by atoms with Crippen LogP contribution in [-0.4, -0.2) is 22.8 Å². The molecule has 1 atom stereocenters. The average Bonchev–Trinajstić information content (AvgIpc) is 2.95. The Hall–Kier alpha value is -4.33. The maximum absolute atomic E-state index is 13.9. The summed E-state index contributed by atoms with van der Waals surface area (Å²) in [6.45, 7) is 4.00. The number of ether oxygens (including phenoxy) is 1. The predicted molar refractivity (Wildman–Crippen MR) is 162 cm³/mol. The Morgan fingerprint density at radius 2 is 2.02 bits per heavy atom. The van der Waals surface area contributed by atoms with Crippen LogP contribution in [0.3, 0.4) is 0 Å². The van der Waals surface area contributed by atoms with Crippen LogP contribution in [0.25, 0.3) is 0 Å². The van der Waals surface area contributed by atoms with E-state index in [4.69, 9.17) is 22.1 Å². The fraction of sp³-hybridized carbons (Fsp3) is 0.258. The number of anilines is 1. The number of nitrogens with two attached hydrogens (primary N) is 1. The molecule has 1 aliphatic heterocycles. The Labute approximate surface area is 252 Å². The summed E-state index contributed by atoms with van der Waals surface area (Å²) < 4.78 is 5.63. The SMILES string of the molecule is COc1ccc(C2C(C#N)=C(N)N(c3ccc([N+](=O)[O-])cc3Cl)C3=C2C(=O)CC(C)(C)C3)cc1CSc1ccccn1. The number of benzene rings is 2. The largest absolute Gasteiger partial charge is 0.496 e. The summed E-state index contributed by atoms with van der Waals surface area (Å²) in [5, 5.41) is 22.7. The van der Waals surface area contributed by atoms with Gasteiger partial charge in [0.1, 0.15) is 11.6 Å². The molecule has 0 amide bonds. The van der Waals surface area contributed by atoms with Gasteiger partial charge in [0, 0.05) is 47.3 Å². The highest BCUT2D eigenvalue weighted by molar-refractivity contribution is 7.98. The number of thioether (sulfide) groups is 1. The molecule has 214 valence electrons. The summed E-state index contributed by atoms with van der Waals surface area (Å²) in [5.41, 5.74) is 9.47. The molecule has 5 rings (SSSR count). The number of non-ortho nitro benzene ring substituents is 1. The van der Waals surface area contributed by atoms with Crippen molar-refractivity contribution in [3.8, 4) is 11.8 Å². The molecule has 2 N–H and O–H groups in total. The van der Waals surface area contributed by atoms with Crippen molar-refractivity contribution in [1.82, 2.24) is 4.98 Å². The highest BCUT2D eigenvalue weighted by atomic mass is 35.5. The Morgan fingerprint density at radius 3 is 2.67 bits per heavy atom. The Balaban J connectivity index is 1.66. The molecule has 1 unspecified atom stereocenters. The molecule has 9 nitrogen and oxygen atoms in total.